The van der Waals surface area contributed by atoms with Crippen LogP contribution in [0.15, 0.2) is 18.2 Å². The van der Waals surface area contributed by atoms with Gasteiger partial charge in [0.25, 0.3) is 0 Å². The molecule has 3 heteroatoms. The molecule has 1 saturated carbocycles. The van der Waals surface area contributed by atoms with Crippen molar-refractivity contribution in [3.63, 3.8) is 0 Å². The highest BCUT2D eigenvalue weighted by molar-refractivity contribution is 5.54. The van der Waals surface area contributed by atoms with Crippen molar-refractivity contribution in [2.45, 2.75) is 45.1 Å². The molecule has 2 rings (SSSR count). The van der Waals surface area contributed by atoms with Crippen molar-refractivity contribution in [3.8, 4) is 0 Å². The Morgan fingerprint density at radius 1 is 1.37 bits per heavy atom. The number of anilines is 1. The van der Waals surface area contributed by atoms with Crippen molar-refractivity contribution in [1.29, 1.82) is 0 Å². The Labute approximate surface area is 115 Å². The maximum absolute atomic E-state index is 14.0. The number of hydrogen-bond acceptors (Lipinski definition) is 2. The second kappa shape index (κ2) is 6.38. The van der Waals surface area contributed by atoms with Crippen LogP contribution in [-0.4, -0.2) is 19.6 Å². The van der Waals surface area contributed by atoms with Crippen LogP contribution < -0.4 is 10.6 Å². The summed E-state index contributed by atoms with van der Waals surface area (Å²) < 4.78 is 14.0. The van der Waals surface area contributed by atoms with E-state index < -0.39 is 0 Å². The molecule has 2 unspecified atom stereocenters. The van der Waals surface area contributed by atoms with E-state index in [0.29, 0.717) is 19.0 Å². The predicted octanol–water partition coefficient (Wildman–Crippen LogP) is 3.34. The van der Waals surface area contributed by atoms with E-state index in [1.54, 1.807) is 6.07 Å². The van der Waals surface area contributed by atoms with Crippen LogP contribution in [0.1, 0.15) is 38.2 Å². The molecule has 0 saturated heterocycles. The van der Waals surface area contributed by atoms with Crippen LogP contribution in [0.25, 0.3) is 0 Å². The Morgan fingerprint density at radius 3 is 2.84 bits per heavy atom. The van der Waals surface area contributed by atoms with Crippen LogP contribution in [0, 0.1) is 11.7 Å². The monoisotopic (exact) mass is 264 g/mol. The number of nitrogens with two attached hydrogens (primary N) is 1. The predicted molar refractivity (Wildman–Crippen MR) is 79.0 cm³/mol. The van der Waals surface area contributed by atoms with Gasteiger partial charge in [-0.25, -0.2) is 4.39 Å². The highest BCUT2D eigenvalue weighted by Gasteiger charge is 2.24. The van der Waals surface area contributed by atoms with Crippen LogP contribution in [-0.2, 0) is 6.42 Å². The molecule has 0 spiro atoms. The molecule has 0 amide bonds. The van der Waals surface area contributed by atoms with Gasteiger partial charge in [-0.15, -0.1) is 0 Å². The third-order valence-electron chi connectivity index (χ3n) is 4.32. The van der Waals surface area contributed by atoms with Crippen molar-refractivity contribution >= 4 is 5.69 Å². The first-order valence-corrected chi connectivity index (χ1v) is 7.33. The van der Waals surface area contributed by atoms with Gasteiger partial charge in [0.1, 0.15) is 5.82 Å². The molecule has 1 fully saturated rings. The molecule has 106 valence electrons. The van der Waals surface area contributed by atoms with E-state index in [1.165, 1.54) is 31.7 Å². The van der Waals surface area contributed by atoms with Crippen molar-refractivity contribution in [1.82, 2.24) is 0 Å². The average molecular weight is 264 g/mol. The summed E-state index contributed by atoms with van der Waals surface area (Å²) in [6.07, 6.45) is 5.62. The molecule has 1 aromatic rings. The lowest BCUT2D eigenvalue weighted by Gasteiger charge is -2.36. The van der Waals surface area contributed by atoms with Gasteiger partial charge in [-0.1, -0.05) is 25.8 Å². The van der Waals surface area contributed by atoms with Gasteiger partial charge in [0.15, 0.2) is 0 Å². The van der Waals surface area contributed by atoms with Crippen molar-refractivity contribution < 1.29 is 4.39 Å². The van der Waals surface area contributed by atoms with E-state index in [1.807, 2.05) is 6.07 Å². The van der Waals surface area contributed by atoms with Gasteiger partial charge >= 0.3 is 0 Å². The van der Waals surface area contributed by atoms with Crippen molar-refractivity contribution in [2.24, 2.45) is 11.7 Å². The zero-order chi connectivity index (χ0) is 13.8. The lowest BCUT2D eigenvalue weighted by atomic mass is 9.86. The van der Waals surface area contributed by atoms with Crippen molar-refractivity contribution in [3.05, 3.63) is 29.6 Å². The molecule has 2 nitrogen and oxygen atoms in total. The van der Waals surface area contributed by atoms with Crippen LogP contribution in [0.5, 0.6) is 0 Å². The normalized spacial score (nSPS) is 23.4. The second-order valence-electron chi connectivity index (χ2n) is 5.81. The van der Waals surface area contributed by atoms with Crippen LogP contribution in [0.2, 0.25) is 0 Å². The fourth-order valence-corrected chi connectivity index (χ4v) is 3.22. The maximum atomic E-state index is 14.0. The number of nitrogens with zero attached hydrogens (tertiary/aromatic N) is 1. The summed E-state index contributed by atoms with van der Waals surface area (Å²) in [5.41, 5.74) is 7.40. The molecule has 1 aromatic carbocycles. The topological polar surface area (TPSA) is 29.3 Å². The lowest BCUT2D eigenvalue weighted by molar-refractivity contribution is 0.336. The average Bonchev–Trinajstić information content (AvgIpc) is 2.40. The number of rotatable bonds is 4. The third kappa shape index (κ3) is 3.27. The summed E-state index contributed by atoms with van der Waals surface area (Å²) in [6, 6.07) is 5.88. The maximum Gasteiger partial charge on any atom is 0.128 e. The standard InChI is InChI=1S/C16H25FN2/c1-12-5-3-6-13(11-12)19(2)16-8-4-7-15(17)14(16)9-10-18/h4,7-8,12-13H,3,5-6,9-11,18H2,1-2H3. The van der Waals surface area contributed by atoms with Gasteiger partial charge in [-0.05, 0) is 43.9 Å². The molecule has 19 heavy (non-hydrogen) atoms. The van der Waals surface area contributed by atoms with E-state index in [2.05, 4.69) is 18.9 Å². The fraction of sp³-hybridized carbons (Fsp3) is 0.625. The molecule has 0 aliphatic heterocycles. The lowest BCUT2D eigenvalue weighted by Crippen LogP contribution is -2.36. The van der Waals surface area contributed by atoms with Gasteiger partial charge < -0.3 is 10.6 Å². The quantitative estimate of drug-likeness (QED) is 0.903. The van der Waals surface area contributed by atoms with E-state index in [9.17, 15) is 4.39 Å². The molecular weight excluding hydrogens is 239 g/mol. The SMILES string of the molecule is CC1CCCC(N(C)c2cccc(F)c2CCN)C1. The molecule has 2 atom stereocenters. The fourth-order valence-electron chi connectivity index (χ4n) is 3.22. The Hall–Kier alpha value is -1.09. The summed E-state index contributed by atoms with van der Waals surface area (Å²) in [6.45, 7) is 2.80. The third-order valence-corrected chi connectivity index (χ3v) is 4.32. The molecule has 2 N–H and O–H groups in total. The van der Waals surface area contributed by atoms with Gasteiger partial charge in [-0.3, -0.25) is 0 Å². The van der Waals surface area contributed by atoms with Gasteiger partial charge in [-0.2, -0.15) is 0 Å². The molecule has 1 aliphatic rings. The number of benzene rings is 1. The smallest absolute Gasteiger partial charge is 0.128 e. The Kier molecular flexibility index (Phi) is 4.81. The minimum atomic E-state index is -0.126. The zero-order valence-corrected chi connectivity index (χ0v) is 12.0. The van der Waals surface area contributed by atoms with Crippen LogP contribution in [0.4, 0.5) is 10.1 Å². The van der Waals surface area contributed by atoms with E-state index >= 15 is 0 Å². The highest BCUT2D eigenvalue weighted by atomic mass is 19.1. The first kappa shape index (κ1) is 14.3. The van der Waals surface area contributed by atoms with Crippen molar-refractivity contribution in [2.75, 3.05) is 18.5 Å². The summed E-state index contributed by atoms with van der Waals surface area (Å²) in [5, 5.41) is 0. The van der Waals surface area contributed by atoms with Gasteiger partial charge in [0, 0.05) is 24.3 Å². The Morgan fingerprint density at radius 2 is 2.16 bits per heavy atom. The second-order valence-corrected chi connectivity index (χ2v) is 5.81. The first-order chi connectivity index (χ1) is 9.13. The number of hydrogen-bond donors (Lipinski definition) is 1. The highest BCUT2D eigenvalue weighted by Crippen LogP contribution is 2.32. The first-order valence-electron chi connectivity index (χ1n) is 7.33. The summed E-state index contributed by atoms with van der Waals surface area (Å²) in [4.78, 5) is 2.27. The Balaban J connectivity index is 2.22. The van der Waals surface area contributed by atoms with Gasteiger partial charge in [0.05, 0.1) is 0 Å². The minimum Gasteiger partial charge on any atom is -0.371 e. The van der Waals surface area contributed by atoms with E-state index in [4.69, 9.17) is 5.73 Å². The Bertz CT molecular complexity index is 419. The molecule has 0 bridgehead atoms. The number of halogens is 1. The molecule has 0 radical (unpaired) electrons. The van der Waals surface area contributed by atoms with E-state index in [0.717, 1.165) is 17.2 Å². The summed E-state index contributed by atoms with van der Waals surface area (Å²) in [7, 11) is 2.09. The zero-order valence-electron chi connectivity index (χ0n) is 12.0. The summed E-state index contributed by atoms with van der Waals surface area (Å²) in [5.74, 6) is 0.645. The molecule has 0 aromatic heterocycles. The molecular formula is C16H25FN2. The van der Waals surface area contributed by atoms with Crippen LogP contribution in [0.3, 0.4) is 0 Å². The molecule has 0 heterocycles. The largest absolute Gasteiger partial charge is 0.371 e. The summed E-state index contributed by atoms with van der Waals surface area (Å²) >= 11 is 0. The molecule has 1 aliphatic carbocycles. The van der Waals surface area contributed by atoms with Crippen LogP contribution >= 0.6 is 0 Å². The van der Waals surface area contributed by atoms with Gasteiger partial charge in [0.2, 0.25) is 0 Å². The minimum absolute atomic E-state index is 0.126. The van der Waals surface area contributed by atoms with E-state index in [-0.39, 0.29) is 5.82 Å².